The summed E-state index contributed by atoms with van der Waals surface area (Å²) >= 11 is 1.31. The summed E-state index contributed by atoms with van der Waals surface area (Å²) in [5.41, 5.74) is 2.33. The number of carbonyl (C=O) groups excluding carboxylic acids is 2. The summed E-state index contributed by atoms with van der Waals surface area (Å²) in [6.07, 6.45) is 0. The lowest BCUT2D eigenvalue weighted by Crippen LogP contribution is -2.28. The number of anilines is 1. The highest BCUT2D eigenvalue weighted by Crippen LogP contribution is 2.22. The van der Waals surface area contributed by atoms with Crippen LogP contribution in [0.2, 0.25) is 0 Å². The molecule has 2 amide bonds. The number of rotatable bonds is 10. The summed E-state index contributed by atoms with van der Waals surface area (Å²) in [7, 11) is 0. The van der Waals surface area contributed by atoms with E-state index in [-0.39, 0.29) is 23.6 Å². The second-order valence-electron chi connectivity index (χ2n) is 7.44. The molecular weight excluding hydrogens is 438 g/mol. The van der Waals surface area contributed by atoms with Gasteiger partial charge in [-0.15, -0.1) is 10.2 Å². The standard InChI is InChI=1S/C24H29N5O3S/c1-5-29-22(17(4)25-23(31)18-9-7-8-16(3)14-18)27-28-24(29)33-15-21(30)26-19-10-12-20(13-11-19)32-6-2/h7-14,17H,5-6,15H2,1-4H3,(H,25,31)(H,26,30)/t17-/m0/s1. The van der Waals surface area contributed by atoms with Gasteiger partial charge in [0.1, 0.15) is 5.75 Å². The van der Waals surface area contributed by atoms with Gasteiger partial charge in [-0.05, 0) is 64.1 Å². The van der Waals surface area contributed by atoms with Crippen LogP contribution in [0.25, 0.3) is 0 Å². The molecule has 1 aromatic heterocycles. The van der Waals surface area contributed by atoms with Crippen molar-refractivity contribution in [3.05, 3.63) is 65.5 Å². The molecule has 0 unspecified atom stereocenters. The van der Waals surface area contributed by atoms with Gasteiger partial charge in [0.2, 0.25) is 5.91 Å². The van der Waals surface area contributed by atoms with Crippen molar-refractivity contribution in [3.63, 3.8) is 0 Å². The number of nitrogens with one attached hydrogen (secondary N) is 2. The number of aryl methyl sites for hydroxylation is 1. The summed E-state index contributed by atoms with van der Waals surface area (Å²) in [6.45, 7) is 8.94. The number of nitrogens with zero attached hydrogens (tertiary/aromatic N) is 3. The van der Waals surface area contributed by atoms with Crippen molar-refractivity contribution in [1.29, 1.82) is 0 Å². The second kappa shape index (κ2) is 11.5. The summed E-state index contributed by atoms with van der Waals surface area (Å²) < 4.78 is 7.32. The smallest absolute Gasteiger partial charge is 0.251 e. The molecule has 0 fully saturated rings. The molecule has 3 rings (SSSR count). The van der Waals surface area contributed by atoms with Gasteiger partial charge in [0.25, 0.3) is 5.91 Å². The zero-order valence-electron chi connectivity index (χ0n) is 19.3. The molecule has 8 nitrogen and oxygen atoms in total. The fraction of sp³-hybridized carbons (Fsp3) is 0.333. The molecule has 2 N–H and O–H groups in total. The van der Waals surface area contributed by atoms with E-state index in [1.807, 2.05) is 62.6 Å². The number of benzene rings is 2. The van der Waals surface area contributed by atoms with Gasteiger partial charge in [0.15, 0.2) is 11.0 Å². The summed E-state index contributed by atoms with van der Waals surface area (Å²) in [5, 5.41) is 15.0. The fourth-order valence-corrected chi connectivity index (χ4v) is 4.09. The first-order valence-electron chi connectivity index (χ1n) is 10.9. The number of thioether (sulfide) groups is 1. The number of amides is 2. The molecule has 2 aromatic carbocycles. The minimum absolute atomic E-state index is 0.142. The Hall–Kier alpha value is -3.33. The zero-order valence-corrected chi connectivity index (χ0v) is 20.1. The Kier molecular flexibility index (Phi) is 8.48. The van der Waals surface area contributed by atoms with Crippen molar-refractivity contribution in [2.24, 2.45) is 0 Å². The second-order valence-corrected chi connectivity index (χ2v) is 8.39. The van der Waals surface area contributed by atoms with Crippen LogP contribution in [-0.2, 0) is 11.3 Å². The first kappa shape index (κ1) is 24.3. The minimum Gasteiger partial charge on any atom is -0.494 e. The highest BCUT2D eigenvalue weighted by atomic mass is 32.2. The quantitative estimate of drug-likeness (QED) is 0.433. The number of aromatic nitrogens is 3. The lowest BCUT2D eigenvalue weighted by molar-refractivity contribution is -0.113. The van der Waals surface area contributed by atoms with Crippen LogP contribution in [-0.4, -0.2) is 38.9 Å². The van der Waals surface area contributed by atoms with E-state index in [4.69, 9.17) is 4.74 Å². The predicted octanol–water partition coefficient (Wildman–Crippen LogP) is 4.23. The molecule has 9 heteroatoms. The van der Waals surface area contributed by atoms with E-state index >= 15 is 0 Å². The normalized spacial score (nSPS) is 11.6. The van der Waals surface area contributed by atoms with Crippen molar-refractivity contribution >= 4 is 29.3 Å². The highest BCUT2D eigenvalue weighted by Gasteiger charge is 2.20. The Morgan fingerprint density at radius 1 is 1.12 bits per heavy atom. The van der Waals surface area contributed by atoms with E-state index in [9.17, 15) is 9.59 Å². The molecule has 1 heterocycles. The van der Waals surface area contributed by atoms with Gasteiger partial charge in [-0.25, -0.2) is 0 Å². The average Bonchev–Trinajstić information content (AvgIpc) is 3.22. The predicted molar refractivity (Wildman–Crippen MR) is 130 cm³/mol. The van der Waals surface area contributed by atoms with Crippen LogP contribution in [0.4, 0.5) is 5.69 Å². The van der Waals surface area contributed by atoms with Crippen molar-refractivity contribution < 1.29 is 14.3 Å². The Balaban J connectivity index is 1.59. The molecule has 33 heavy (non-hydrogen) atoms. The molecule has 1 atom stereocenters. The van der Waals surface area contributed by atoms with Crippen LogP contribution >= 0.6 is 11.8 Å². The van der Waals surface area contributed by atoms with E-state index in [1.54, 1.807) is 18.2 Å². The van der Waals surface area contributed by atoms with Crippen LogP contribution in [0, 0.1) is 6.92 Å². The zero-order chi connectivity index (χ0) is 23.8. The van der Waals surface area contributed by atoms with Gasteiger partial charge in [0.05, 0.1) is 18.4 Å². The molecule has 174 valence electrons. The third-order valence-electron chi connectivity index (χ3n) is 4.86. The Morgan fingerprint density at radius 2 is 1.88 bits per heavy atom. The van der Waals surface area contributed by atoms with E-state index in [1.165, 1.54) is 11.8 Å². The van der Waals surface area contributed by atoms with Gasteiger partial charge < -0.3 is 19.9 Å². The van der Waals surface area contributed by atoms with Crippen molar-refractivity contribution in [1.82, 2.24) is 20.1 Å². The maximum Gasteiger partial charge on any atom is 0.251 e. The summed E-state index contributed by atoms with van der Waals surface area (Å²) in [6, 6.07) is 14.3. The van der Waals surface area contributed by atoms with E-state index in [2.05, 4.69) is 20.8 Å². The number of carbonyl (C=O) groups is 2. The van der Waals surface area contributed by atoms with Crippen LogP contribution in [0.15, 0.2) is 53.7 Å². The van der Waals surface area contributed by atoms with Gasteiger partial charge in [-0.2, -0.15) is 0 Å². The Morgan fingerprint density at radius 3 is 2.55 bits per heavy atom. The van der Waals surface area contributed by atoms with Crippen LogP contribution in [0.3, 0.4) is 0 Å². The first-order valence-corrected chi connectivity index (χ1v) is 11.9. The van der Waals surface area contributed by atoms with Crippen LogP contribution in [0.1, 0.15) is 48.6 Å². The van der Waals surface area contributed by atoms with Gasteiger partial charge in [-0.1, -0.05) is 29.5 Å². The first-order chi connectivity index (χ1) is 15.9. The third-order valence-corrected chi connectivity index (χ3v) is 5.83. The number of hydrogen-bond acceptors (Lipinski definition) is 6. The molecule has 0 spiro atoms. The third kappa shape index (κ3) is 6.58. The molecule has 0 saturated heterocycles. The molecular formula is C24H29N5O3S. The Bertz CT molecular complexity index is 1100. The molecule has 0 radical (unpaired) electrons. The SMILES string of the molecule is CCOc1ccc(NC(=O)CSc2nnc([C@H](C)NC(=O)c3cccc(C)c3)n2CC)cc1. The fourth-order valence-electron chi connectivity index (χ4n) is 3.28. The summed E-state index contributed by atoms with van der Waals surface area (Å²) in [4.78, 5) is 25.0. The maximum atomic E-state index is 12.6. The topological polar surface area (TPSA) is 98.1 Å². The lowest BCUT2D eigenvalue weighted by Gasteiger charge is -2.15. The Labute approximate surface area is 198 Å². The molecule has 3 aromatic rings. The molecule has 0 aliphatic carbocycles. The molecule has 0 saturated carbocycles. The van der Waals surface area contributed by atoms with E-state index in [0.29, 0.717) is 35.4 Å². The van der Waals surface area contributed by atoms with Crippen LogP contribution in [0.5, 0.6) is 5.75 Å². The average molecular weight is 468 g/mol. The highest BCUT2D eigenvalue weighted by molar-refractivity contribution is 7.99. The van der Waals surface area contributed by atoms with Crippen molar-refractivity contribution in [2.45, 2.75) is 45.4 Å². The molecule has 0 aliphatic rings. The lowest BCUT2D eigenvalue weighted by atomic mass is 10.1. The van der Waals surface area contributed by atoms with Crippen LogP contribution < -0.4 is 15.4 Å². The van der Waals surface area contributed by atoms with Gasteiger partial charge >= 0.3 is 0 Å². The monoisotopic (exact) mass is 467 g/mol. The largest absolute Gasteiger partial charge is 0.494 e. The van der Waals surface area contributed by atoms with E-state index < -0.39 is 0 Å². The summed E-state index contributed by atoms with van der Waals surface area (Å²) in [5.74, 6) is 1.29. The molecule has 0 bridgehead atoms. The number of ether oxygens (including phenoxy) is 1. The van der Waals surface area contributed by atoms with Crippen molar-refractivity contribution in [3.8, 4) is 5.75 Å². The van der Waals surface area contributed by atoms with Gasteiger partial charge in [-0.3, -0.25) is 9.59 Å². The number of hydrogen-bond donors (Lipinski definition) is 2. The van der Waals surface area contributed by atoms with E-state index in [0.717, 1.165) is 11.3 Å². The maximum absolute atomic E-state index is 12.6. The minimum atomic E-state index is -0.336. The van der Waals surface area contributed by atoms with Crippen molar-refractivity contribution in [2.75, 3.05) is 17.7 Å². The molecule has 0 aliphatic heterocycles. The van der Waals surface area contributed by atoms with Gasteiger partial charge in [0, 0.05) is 17.8 Å².